The van der Waals surface area contributed by atoms with E-state index in [0.29, 0.717) is 12.0 Å². The number of aliphatic imine (C=N–C) groups is 2. The molecule has 94 heavy (non-hydrogen) atoms. The van der Waals surface area contributed by atoms with E-state index in [4.69, 9.17) is 33.4 Å². The van der Waals surface area contributed by atoms with E-state index in [1.807, 2.05) is 43.3 Å². The first kappa shape index (κ1) is 80.7. The van der Waals surface area contributed by atoms with Crippen molar-refractivity contribution in [2.45, 2.75) is 153 Å². The normalized spacial score (nSPS) is 23.1. The van der Waals surface area contributed by atoms with Gasteiger partial charge in [-0.3, -0.25) is 62.7 Å². The minimum absolute atomic E-state index is 0.0179. The summed E-state index contributed by atoms with van der Waals surface area (Å²) in [7, 11) is 2.72. The Bertz CT molecular complexity index is 2930. The smallest absolute Gasteiger partial charge is 0.327 e. The van der Waals surface area contributed by atoms with Crippen LogP contribution in [-0.2, 0) is 73.5 Å². The number of carbonyl (C=O) groups is 13. The van der Waals surface area contributed by atoms with Crippen LogP contribution in [0.15, 0.2) is 64.1 Å². The van der Waals surface area contributed by atoms with Crippen molar-refractivity contribution in [2.24, 2.45) is 56.4 Å². The molecular formula is C59H92N16O18S. The van der Waals surface area contributed by atoms with Crippen molar-refractivity contribution < 1.29 is 87.5 Å². The number of likely N-dealkylation sites (N-methyl/N-ethyl adjacent to an activating group) is 1. The molecule has 0 bridgehead atoms. The molecular weight excluding hydrogens is 1250 g/mol. The molecule has 1 saturated heterocycles. The van der Waals surface area contributed by atoms with Crippen LogP contribution in [-0.4, -0.2) is 220 Å². The minimum atomic E-state index is -2.05. The van der Waals surface area contributed by atoms with Gasteiger partial charge in [0.05, 0.1) is 24.0 Å². The van der Waals surface area contributed by atoms with Gasteiger partial charge in [0.25, 0.3) is 0 Å². The van der Waals surface area contributed by atoms with Crippen LogP contribution in [0, 0.1) is 17.8 Å². The average molecular weight is 1350 g/mol. The van der Waals surface area contributed by atoms with E-state index in [-0.39, 0.29) is 69.1 Å². The van der Waals surface area contributed by atoms with Gasteiger partial charge in [0.15, 0.2) is 11.9 Å². The lowest BCUT2D eigenvalue weighted by atomic mass is 9.94. The third-order valence-corrected chi connectivity index (χ3v) is 16.1. The Labute approximate surface area is 548 Å². The molecule has 1 aliphatic heterocycles. The van der Waals surface area contributed by atoms with Crippen LogP contribution >= 0.6 is 11.8 Å². The summed E-state index contributed by atoms with van der Waals surface area (Å²) in [5, 5.41) is 58.8. The molecule has 0 saturated carbocycles. The van der Waals surface area contributed by atoms with Gasteiger partial charge >= 0.3 is 23.9 Å². The number of thioether (sulfide) groups is 1. The highest BCUT2D eigenvalue weighted by atomic mass is 32.2. The van der Waals surface area contributed by atoms with Gasteiger partial charge in [-0.15, -0.1) is 0 Å². The second-order valence-corrected chi connectivity index (χ2v) is 23.6. The molecule has 22 N–H and O–H groups in total. The first-order chi connectivity index (χ1) is 44.2. The van der Waals surface area contributed by atoms with Crippen molar-refractivity contribution in [3.8, 4) is 0 Å². The zero-order chi connectivity index (χ0) is 70.9. The summed E-state index contributed by atoms with van der Waals surface area (Å²) in [5.74, 6) is -20.0. The summed E-state index contributed by atoms with van der Waals surface area (Å²) >= 11 is 0.757. The van der Waals surface area contributed by atoms with Gasteiger partial charge in [-0.05, 0) is 64.4 Å². The molecule has 1 fully saturated rings. The van der Waals surface area contributed by atoms with E-state index < -0.39 is 181 Å². The monoisotopic (exact) mass is 1340 g/mol. The molecule has 1 aliphatic rings. The number of hydrogen-bond donors (Lipinski definition) is 17. The number of nitrogens with one attached hydrogen (secondary N) is 8. The van der Waals surface area contributed by atoms with Crippen LogP contribution in [0.2, 0.25) is 0 Å². The number of carbonyl (C=O) groups excluding carboxylic acids is 9. The van der Waals surface area contributed by atoms with Gasteiger partial charge in [-0.25, -0.2) is 9.59 Å². The number of ether oxygens (including phenoxy) is 1. The van der Waals surface area contributed by atoms with E-state index in [1.165, 1.54) is 19.9 Å². The van der Waals surface area contributed by atoms with Crippen LogP contribution in [0.4, 0.5) is 0 Å². The lowest BCUT2D eigenvalue weighted by molar-refractivity contribution is -0.146. The predicted octanol–water partition coefficient (Wildman–Crippen LogP) is -3.91. The maximum atomic E-state index is 14.6. The quantitative estimate of drug-likeness (QED) is 0.0158. The number of carboxylic acids is 4. The molecule has 1 heterocycles. The average Bonchev–Trinajstić information content (AvgIpc) is 1.40. The number of rotatable bonds is 29. The third kappa shape index (κ3) is 29.5. The lowest BCUT2D eigenvalue weighted by Gasteiger charge is -2.30. The molecule has 9 amide bonds. The van der Waals surface area contributed by atoms with Gasteiger partial charge in [0.2, 0.25) is 53.2 Å². The molecule has 2 rings (SSSR count). The van der Waals surface area contributed by atoms with Crippen LogP contribution in [0.3, 0.4) is 0 Å². The zero-order valence-corrected chi connectivity index (χ0v) is 54.5. The Morgan fingerprint density at radius 2 is 1.34 bits per heavy atom. The van der Waals surface area contributed by atoms with Gasteiger partial charge in [-0.2, -0.15) is 11.8 Å². The number of guanidine groups is 2. The van der Waals surface area contributed by atoms with Gasteiger partial charge in [0, 0.05) is 57.5 Å². The van der Waals surface area contributed by atoms with Crippen LogP contribution in [0.5, 0.6) is 0 Å². The highest BCUT2D eigenvalue weighted by molar-refractivity contribution is 7.99. The largest absolute Gasteiger partial charge is 0.480 e. The minimum Gasteiger partial charge on any atom is -0.480 e. The number of carboxylic acid groups (broad SMARTS) is 4. The molecule has 0 aliphatic carbocycles. The molecule has 0 aromatic heterocycles. The summed E-state index contributed by atoms with van der Waals surface area (Å²) in [6.07, 6.45) is 2.63. The molecule has 522 valence electrons. The maximum absolute atomic E-state index is 14.6. The molecule has 1 unspecified atom stereocenters. The second kappa shape index (κ2) is 41.3. The number of hydrogen-bond acceptors (Lipinski definition) is 18. The summed E-state index contributed by atoms with van der Waals surface area (Å²) in [6, 6.07) is -4.94. The highest BCUT2D eigenvalue weighted by Gasteiger charge is 2.38. The Morgan fingerprint density at radius 1 is 0.766 bits per heavy atom. The van der Waals surface area contributed by atoms with Crippen molar-refractivity contribution >= 4 is 101 Å². The van der Waals surface area contributed by atoms with E-state index >= 15 is 0 Å². The Balaban J connectivity index is 2.87. The molecule has 34 nitrogen and oxygen atoms in total. The summed E-state index contributed by atoms with van der Waals surface area (Å²) in [6.45, 7) is 6.32. The zero-order valence-electron chi connectivity index (χ0n) is 53.7. The summed E-state index contributed by atoms with van der Waals surface area (Å²) in [4.78, 5) is 184. The number of aliphatic carboxylic acids is 4. The standard InChI is InChI=1S/C59H92N16O18S/c1-30(25-31(2)43(93-7)26-35-13-9-8-10-14-35)17-19-37-32(3)48(80)73-40(56(89)90)20-22-45(77)75(6)42(29-94-28-41(51(83)67-27-46(78)79)69-44(76)21-18-36(60)55(87)88)54(86)68-34(5)50(82)72-39(16-12-24-66-59(63)64)53(85)74-47(57(91)92)33(4)49(81)71-38(52(84)70-37)15-11-23-65-58(61)62/h8-10,13-14,17,19,25,31-34,36-43,47H,11-12,15-16,18,20-24,26-29,60H2,1-7H3,(H,67,83)(H,68,86)(H,69,76)(H,70,84)(H,71,81)(H,72,82)(H,73,80)(H,74,85)(H,78,79)(H,87,88)(H,89,90)(H,91,92)(H4,61,62,65)(H4,63,64,66)/b19-17+,30-25+/t31-,32-,33-,34+,36-,37-,38-,39-,40+,41-,42?,43-,47+/m0/s1. The van der Waals surface area contributed by atoms with Crippen molar-refractivity contribution in [2.75, 3.05) is 45.3 Å². The summed E-state index contributed by atoms with van der Waals surface area (Å²) in [5.41, 5.74) is 29.2. The van der Waals surface area contributed by atoms with Crippen LogP contribution < -0.4 is 71.2 Å². The number of amides is 9. The van der Waals surface area contributed by atoms with E-state index in [2.05, 4.69) is 52.5 Å². The van der Waals surface area contributed by atoms with Crippen molar-refractivity contribution in [3.63, 3.8) is 0 Å². The number of benzene rings is 1. The topological polar surface area (TPSA) is 566 Å². The van der Waals surface area contributed by atoms with Crippen molar-refractivity contribution in [1.29, 1.82) is 0 Å². The maximum Gasteiger partial charge on any atom is 0.327 e. The van der Waals surface area contributed by atoms with Gasteiger partial charge in [-0.1, -0.05) is 74.9 Å². The first-order valence-corrected chi connectivity index (χ1v) is 31.3. The molecule has 13 atom stereocenters. The fourth-order valence-corrected chi connectivity index (χ4v) is 10.4. The van der Waals surface area contributed by atoms with Crippen LogP contribution in [0.25, 0.3) is 0 Å². The molecule has 0 radical (unpaired) electrons. The number of nitrogens with zero attached hydrogens (tertiary/aromatic N) is 3. The van der Waals surface area contributed by atoms with Crippen molar-refractivity contribution in [3.05, 3.63) is 59.7 Å². The lowest BCUT2D eigenvalue weighted by Crippen LogP contribution is -2.59. The highest BCUT2D eigenvalue weighted by Crippen LogP contribution is 2.20. The van der Waals surface area contributed by atoms with Gasteiger partial charge in [0.1, 0.15) is 54.9 Å². The second-order valence-electron chi connectivity index (χ2n) is 22.5. The first-order valence-electron chi connectivity index (χ1n) is 30.1. The molecule has 1 aromatic rings. The number of methoxy groups -OCH3 is 1. The summed E-state index contributed by atoms with van der Waals surface area (Å²) < 4.78 is 5.83. The number of nitrogens with two attached hydrogens (primary N) is 5. The Kier molecular flexibility index (Phi) is 35.4. The Hall–Kier alpha value is -9.38. The molecule has 0 spiro atoms. The fourth-order valence-electron chi connectivity index (χ4n) is 9.24. The number of allylic oxidation sites excluding steroid dienone is 2. The van der Waals surface area contributed by atoms with E-state index in [1.54, 1.807) is 20.1 Å². The fraction of sp³-hybridized carbons (Fsp3) is 0.576. The third-order valence-electron chi connectivity index (χ3n) is 15.0. The van der Waals surface area contributed by atoms with Crippen molar-refractivity contribution in [1.82, 2.24) is 47.4 Å². The molecule has 1 aromatic carbocycles. The van der Waals surface area contributed by atoms with Crippen LogP contribution in [0.1, 0.15) is 91.5 Å². The van der Waals surface area contributed by atoms with E-state index in [0.717, 1.165) is 36.2 Å². The predicted molar refractivity (Wildman–Crippen MR) is 344 cm³/mol. The Morgan fingerprint density at radius 3 is 1.88 bits per heavy atom. The molecule has 35 heteroatoms. The van der Waals surface area contributed by atoms with E-state index in [9.17, 15) is 82.8 Å². The SMILES string of the molecule is CO[C@@H](Cc1ccccc1)[C@@H](C)/C=C(C)/C=C/[C@@H]1NC(=O)[C@H](CCCN=C(N)N)NC(=O)[C@@H](C)[C@H](C(=O)O)NC(=O)[C@H](CCCN=C(N)N)NC(=O)[C@@H](C)NC(=O)C(CSC[C@H](NC(=O)CC[C@H](N)C(=O)O)C(=O)NCC(=O)O)N(C)C(=O)CC[C@H](C(=O)O)NC(=O)[C@H]1C. The van der Waals surface area contributed by atoms with Gasteiger partial charge < -0.3 is 101 Å².